The van der Waals surface area contributed by atoms with Gasteiger partial charge in [-0.2, -0.15) is 0 Å². The summed E-state index contributed by atoms with van der Waals surface area (Å²) in [5.74, 6) is 0.605. The van der Waals surface area contributed by atoms with Crippen LogP contribution >= 0.6 is 35.0 Å². The van der Waals surface area contributed by atoms with Gasteiger partial charge in [0, 0.05) is 22.9 Å². The van der Waals surface area contributed by atoms with E-state index in [1.54, 1.807) is 7.11 Å². The van der Waals surface area contributed by atoms with Crippen LogP contribution in [-0.2, 0) is 10.5 Å². The third-order valence-corrected chi connectivity index (χ3v) is 3.72. The van der Waals surface area contributed by atoms with E-state index >= 15 is 0 Å². The second kappa shape index (κ2) is 7.89. The summed E-state index contributed by atoms with van der Waals surface area (Å²) in [5, 5.41) is 1.80. The number of nitrogens with zero attached hydrogens (tertiary/aromatic N) is 1. The molecule has 1 rings (SSSR count). The van der Waals surface area contributed by atoms with Crippen molar-refractivity contribution in [1.82, 2.24) is 0 Å². The predicted octanol–water partition coefficient (Wildman–Crippen LogP) is 3.58. The summed E-state index contributed by atoms with van der Waals surface area (Å²) in [6.45, 7) is 2.49. The first-order chi connectivity index (χ1) is 8.54. The van der Waals surface area contributed by atoms with Crippen molar-refractivity contribution in [2.75, 3.05) is 13.7 Å². The maximum absolute atomic E-state index is 6.07. The zero-order valence-corrected chi connectivity index (χ0v) is 12.6. The molecule has 3 nitrogen and oxygen atoms in total. The smallest absolute Gasteiger partial charge is 0.154 e. The first-order valence-electron chi connectivity index (χ1n) is 5.42. The molecule has 0 aliphatic carbocycles. The lowest BCUT2D eigenvalue weighted by molar-refractivity contribution is 0.186. The quantitative estimate of drug-likeness (QED) is 0.668. The summed E-state index contributed by atoms with van der Waals surface area (Å²) in [7, 11) is 1.64. The second-order valence-electron chi connectivity index (χ2n) is 3.76. The Kier molecular flexibility index (Phi) is 6.86. The van der Waals surface area contributed by atoms with Gasteiger partial charge in [0.2, 0.25) is 0 Å². The molecule has 1 atom stereocenters. The number of nitrogens with two attached hydrogens (primary N) is 1. The minimum atomic E-state index is 0.0456. The number of halogens is 2. The fourth-order valence-corrected chi connectivity index (χ4v) is 2.90. The van der Waals surface area contributed by atoms with Crippen LogP contribution in [0.1, 0.15) is 12.5 Å². The lowest BCUT2D eigenvalue weighted by Gasteiger charge is -2.08. The molecule has 0 heterocycles. The number of amidine groups is 1. The summed E-state index contributed by atoms with van der Waals surface area (Å²) < 4.78 is 4.99. The Morgan fingerprint density at radius 3 is 2.61 bits per heavy atom. The lowest BCUT2D eigenvalue weighted by atomic mass is 10.2. The van der Waals surface area contributed by atoms with Crippen molar-refractivity contribution in [1.29, 1.82) is 0 Å². The van der Waals surface area contributed by atoms with Crippen LogP contribution in [0.4, 0.5) is 0 Å². The molecule has 0 radical (unpaired) electrons. The van der Waals surface area contributed by atoms with Crippen molar-refractivity contribution in [3.05, 3.63) is 33.8 Å². The molecule has 2 N–H and O–H groups in total. The number of thioether (sulfide) groups is 1. The zero-order valence-electron chi connectivity index (χ0n) is 10.3. The largest absolute Gasteiger partial charge is 0.382 e. The van der Waals surface area contributed by atoms with E-state index in [1.165, 1.54) is 11.8 Å². The number of ether oxygens (including phenoxy) is 1. The van der Waals surface area contributed by atoms with Crippen LogP contribution in [0, 0.1) is 0 Å². The first-order valence-corrected chi connectivity index (χ1v) is 7.16. The molecule has 0 aliphatic rings. The summed E-state index contributed by atoms with van der Waals surface area (Å²) >= 11 is 13.6. The van der Waals surface area contributed by atoms with Crippen LogP contribution in [0.5, 0.6) is 0 Å². The summed E-state index contributed by atoms with van der Waals surface area (Å²) in [5.41, 5.74) is 6.70. The van der Waals surface area contributed by atoms with Crippen LogP contribution in [0.2, 0.25) is 10.0 Å². The molecule has 0 aliphatic heterocycles. The Morgan fingerprint density at radius 1 is 1.44 bits per heavy atom. The van der Waals surface area contributed by atoms with E-state index in [9.17, 15) is 0 Å². The minimum absolute atomic E-state index is 0.0456. The first kappa shape index (κ1) is 15.6. The maximum atomic E-state index is 6.07. The normalized spacial score (nSPS) is 13.7. The molecule has 0 saturated heterocycles. The van der Waals surface area contributed by atoms with E-state index in [0.717, 1.165) is 5.56 Å². The molecule has 1 aromatic rings. The van der Waals surface area contributed by atoms with E-state index in [0.29, 0.717) is 27.6 Å². The van der Waals surface area contributed by atoms with E-state index < -0.39 is 0 Å². The Morgan fingerprint density at radius 2 is 2.06 bits per heavy atom. The Bertz CT molecular complexity index is 406. The summed E-state index contributed by atoms with van der Waals surface area (Å²) in [6, 6.07) is 5.48. The van der Waals surface area contributed by atoms with E-state index in [2.05, 4.69) is 4.99 Å². The molecule has 18 heavy (non-hydrogen) atoms. The number of hydrogen-bond donors (Lipinski definition) is 1. The van der Waals surface area contributed by atoms with Gasteiger partial charge in [0.25, 0.3) is 0 Å². The van der Waals surface area contributed by atoms with Crippen LogP contribution in [-0.4, -0.2) is 24.9 Å². The summed E-state index contributed by atoms with van der Waals surface area (Å²) in [6.07, 6.45) is 0. The molecule has 6 heteroatoms. The van der Waals surface area contributed by atoms with E-state index in [4.69, 9.17) is 33.7 Å². The van der Waals surface area contributed by atoms with Gasteiger partial charge in [0.1, 0.15) is 0 Å². The van der Waals surface area contributed by atoms with Crippen LogP contribution in [0.15, 0.2) is 23.2 Å². The van der Waals surface area contributed by atoms with Crippen molar-refractivity contribution >= 4 is 40.1 Å². The molecule has 1 aromatic carbocycles. The van der Waals surface area contributed by atoms with Gasteiger partial charge in [0.15, 0.2) is 5.17 Å². The monoisotopic (exact) mass is 306 g/mol. The van der Waals surface area contributed by atoms with Crippen molar-refractivity contribution in [3.8, 4) is 0 Å². The van der Waals surface area contributed by atoms with E-state index in [1.807, 2.05) is 25.1 Å². The average Bonchev–Trinajstić information content (AvgIpc) is 2.28. The highest BCUT2D eigenvalue weighted by atomic mass is 35.5. The standard InChI is InChI=1S/C12H16Cl2N2OS/c1-8(6-17-2)16-12(15)18-7-9-10(13)4-3-5-11(9)14/h3-5,8H,6-7H2,1-2H3,(H2,15,16)/t8-/m0/s1. The number of methoxy groups -OCH3 is 1. The van der Waals surface area contributed by atoms with Gasteiger partial charge in [-0.25, -0.2) is 0 Å². The SMILES string of the molecule is COC[C@H](C)N=C(N)SCc1c(Cl)cccc1Cl. The minimum Gasteiger partial charge on any atom is -0.382 e. The second-order valence-corrected chi connectivity index (χ2v) is 5.57. The van der Waals surface area contributed by atoms with Crippen LogP contribution in [0.25, 0.3) is 0 Å². The Balaban J connectivity index is 2.60. The fourth-order valence-electron chi connectivity index (χ4n) is 1.35. The Labute approximate surface area is 122 Å². The van der Waals surface area contributed by atoms with Crippen LogP contribution < -0.4 is 5.73 Å². The average molecular weight is 307 g/mol. The van der Waals surface area contributed by atoms with Gasteiger partial charge >= 0.3 is 0 Å². The number of hydrogen-bond acceptors (Lipinski definition) is 3. The third-order valence-electron chi connectivity index (χ3n) is 2.18. The molecular weight excluding hydrogens is 291 g/mol. The molecule has 0 spiro atoms. The van der Waals surface area contributed by atoms with Crippen LogP contribution in [0.3, 0.4) is 0 Å². The lowest BCUT2D eigenvalue weighted by Crippen LogP contribution is -2.15. The van der Waals surface area contributed by atoms with Gasteiger partial charge in [-0.1, -0.05) is 41.0 Å². The van der Waals surface area contributed by atoms with Gasteiger partial charge in [-0.05, 0) is 24.6 Å². The highest BCUT2D eigenvalue weighted by Crippen LogP contribution is 2.28. The number of rotatable bonds is 5. The maximum Gasteiger partial charge on any atom is 0.154 e. The third kappa shape index (κ3) is 5.06. The highest BCUT2D eigenvalue weighted by Gasteiger charge is 2.07. The highest BCUT2D eigenvalue weighted by molar-refractivity contribution is 8.13. The topological polar surface area (TPSA) is 47.6 Å². The van der Waals surface area contributed by atoms with Crippen molar-refractivity contribution in [2.24, 2.45) is 10.7 Å². The van der Waals surface area contributed by atoms with Crippen molar-refractivity contribution < 1.29 is 4.74 Å². The van der Waals surface area contributed by atoms with Gasteiger partial charge in [-0.3, -0.25) is 4.99 Å². The molecule has 0 bridgehead atoms. The van der Waals surface area contributed by atoms with Gasteiger partial charge in [-0.15, -0.1) is 0 Å². The van der Waals surface area contributed by atoms with E-state index in [-0.39, 0.29) is 6.04 Å². The van der Waals surface area contributed by atoms with Gasteiger partial charge < -0.3 is 10.5 Å². The molecular formula is C12H16Cl2N2OS. The van der Waals surface area contributed by atoms with Crippen molar-refractivity contribution in [3.63, 3.8) is 0 Å². The number of benzene rings is 1. The molecule has 0 fully saturated rings. The molecule has 0 saturated carbocycles. The number of aliphatic imine (C=N–C) groups is 1. The predicted molar refractivity (Wildman–Crippen MR) is 80.7 cm³/mol. The summed E-state index contributed by atoms with van der Waals surface area (Å²) in [4.78, 5) is 4.29. The Hall–Kier alpha value is -0.420. The van der Waals surface area contributed by atoms with Gasteiger partial charge in [0.05, 0.1) is 12.6 Å². The fraction of sp³-hybridized carbons (Fsp3) is 0.417. The zero-order chi connectivity index (χ0) is 13.5. The molecule has 0 unspecified atom stereocenters. The molecule has 100 valence electrons. The van der Waals surface area contributed by atoms with Crippen molar-refractivity contribution in [2.45, 2.75) is 18.7 Å². The molecule has 0 amide bonds. The molecule has 0 aromatic heterocycles.